The van der Waals surface area contributed by atoms with E-state index in [2.05, 4.69) is 24.1 Å². The van der Waals surface area contributed by atoms with Gasteiger partial charge in [-0.15, -0.1) is 11.6 Å². The molecule has 96 valence electrons. The van der Waals surface area contributed by atoms with Crippen LogP contribution in [0.2, 0.25) is 5.02 Å². The lowest BCUT2D eigenvalue weighted by Crippen LogP contribution is -2.23. The van der Waals surface area contributed by atoms with Crippen molar-refractivity contribution < 1.29 is 4.39 Å². The molecule has 17 heavy (non-hydrogen) atoms. The zero-order valence-corrected chi connectivity index (χ0v) is 11.5. The van der Waals surface area contributed by atoms with Crippen molar-refractivity contribution in [2.45, 2.75) is 32.1 Å². The Morgan fingerprint density at radius 1 is 1.41 bits per heavy atom. The van der Waals surface area contributed by atoms with Crippen molar-refractivity contribution in [1.29, 1.82) is 0 Å². The molecule has 1 aromatic heterocycles. The Kier molecular flexibility index (Phi) is 6.00. The van der Waals surface area contributed by atoms with Crippen LogP contribution >= 0.6 is 23.2 Å². The van der Waals surface area contributed by atoms with Gasteiger partial charge in [0.2, 0.25) is 0 Å². The number of aromatic nitrogens is 1. The molecule has 0 spiro atoms. The Bertz CT molecular complexity index is 356. The molecule has 1 aromatic rings. The van der Waals surface area contributed by atoms with Gasteiger partial charge in [0, 0.05) is 12.7 Å². The fourth-order valence-corrected chi connectivity index (χ4v) is 2.28. The first kappa shape index (κ1) is 14.5. The summed E-state index contributed by atoms with van der Waals surface area (Å²) in [6.45, 7) is 4.70. The van der Waals surface area contributed by atoms with Crippen LogP contribution in [0.3, 0.4) is 0 Å². The van der Waals surface area contributed by atoms with E-state index in [0.717, 1.165) is 12.8 Å². The second-order valence-electron chi connectivity index (χ2n) is 3.96. The van der Waals surface area contributed by atoms with Crippen LogP contribution in [0, 0.1) is 11.7 Å². The van der Waals surface area contributed by atoms with Crippen molar-refractivity contribution in [1.82, 2.24) is 4.98 Å². The van der Waals surface area contributed by atoms with E-state index in [0.29, 0.717) is 12.5 Å². The monoisotopic (exact) mass is 278 g/mol. The van der Waals surface area contributed by atoms with Crippen LogP contribution in [0.4, 0.5) is 10.2 Å². The normalized spacial score (nSPS) is 12.8. The van der Waals surface area contributed by atoms with Crippen molar-refractivity contribution in [2.75, 3.05) is 11.9 Å². The first-order chi connectivity index (χ1) is 8.08. The Balaban J connectivity index is 2.55. The van der Waals surface area contributed by atoms with Gasteiger partial charge >= 0.3 is 0 Å². The molecule has 0 aliphatic heterocycles. The quantitative estimate of drug-likeness (QED) is 0.784. The Morgan fingerprint density at radius 2 is 2.06 bits per heavy atom. The number of nitrogens with zero attached hydrogens (tertiary/aromatic N) is 1. The van der Waals surface area contributed by atoms with E-state index in [1.165, 1.54) is 12.3 Å². The number of pyridine rings is 1. The van der Waals surface area contributed by atoms with E-state index in [4.69, 9.17) is 23.2 Å². The molecule has 0 amide bonds. The van der Waals surface area contributed by atoms with E-state index in [1.54, 1.807) is 0 Å². The number of alkyl halides is 1. The lowest BCUT2D eigenvalue weighted by molar-refractivity contribution is 0.474. The van der Waals surface area contributed by atoms with Crippen molar-refractivity contribution in [3.63, 3.8) is 0 Å². The van der Waals surface area contributed by atoms with Gasteiger partial charge in [-0.25, -0.2) is 9.37 Å². The molecular formula is C12H17Cl2FN2. The third-order valence-corrected chi connectivity index (χ3v) is 3.55. The number of rotatable bonds is 6. The lowest BCUT2D eigenvalue weighted by Gasteiger charge is -2.19. The molecule has 1 N–H and O–H groups in total. The predicted molar refractivity (Wildman–Crippen MR) is 71.4 cm³/mol. The third kappa shape index (κ3) is 4.32. The molecule has 0 saturated carbocycles. The van der Waals surface area contributed by atoms with Gasteiger partial charge in [-0.05, 0) is 12.0 Å². The predicted octanol–water partition coefficient (Wildman–Crippen LogP) is 4.33. The Labute approximate surface area is 112 Å². The number of nitrogens with one attached hydrogen (secondary N) is 1. The minimum atomic E-state index is -0.453. The molecule has 5 heteroatoms. The molecule has 0 radical (unpaired) electrons. The third-order valence-electron chi connectivity index (χ3n) is 2.83. The lowest BCUT2D eigenvalue weighted by atomic mass is 9.99. The molecule has 0 aromatic carbocycles. The van der Waals surface area contributed by atoms with Crippen LogP contribution in [-0.4, -0.2) is 16.9 Å². The highest BCUT2D eigenvalue weighted by Crippen LogP contribution is 2.20. The molecule has 0 aliphatic carbocycles. The van der Waals surface area contributed by atoms with Crippen LogP contribution < -0.4 is 5.32 Å². The van der Waals surface area contributed by atoms with Crippen LogP contribution in [0.5, 0.6) is 0 Å². The highest BCUT2D eigenvalue weighted by Gasteiger charge is 2.16. The second-order valence-corrected chi connectivity index (χ2v) is 4.95. The average Bonchev–Trinajstić information content (AvgIpc) is 2.29. The summed E-state index contributed by atoms with van der Waals surface area (Å²) < 4.78 is 13.4. The van der Waals surface area contributed by atoms with E-state index in [9.17, 15) is 4.39 Å². The fourth-order valence-electron chi connectivity index (χ4n) is 1.71. The molecule has 1 heterocycles. The summed E-state index contributed by atoms with van der Waals surface area (Å²) in [7, 11) is 0. The maximum absolute atomic E-state index is 13.4. The van der Waals surface area contributed by atoms with Crippen LogP contribution in [-0.2, 0) is 0 Å². The number of anilines is 1. The summed E-state index contributed by atoms with van der Waals surface area (Å²) in [6.07, 6.45) is 3.44. The van der Waals surface area contributed by atoms with E-state index in [1.807, 2.05) is 0 Å². The van der Waals surface area contributed by atoms with E-state index in [-0.39, 0.29) is 16.2 Å². The van der Waals surface area contributed by atoms with Gasteiger partial charge < -0.3 is 5.32 Å². The van der Waals surface area contributed by atoms with Gasteiger partial charge in [-0.3, -0.25) is 0 Å². The second kappa shape index (κ2) is 7.02. The molecule has 0 aliphatic rings. The SMILES string of the molecule is CCC(CC)C(Cl)CNc1ncc(Cl)cc1F. The first-order valence-corrected chi connectivity index (χ1v) is 6.58. The molecule has 1 unspecified atom stereocenters. The van der Waals surface area contributed by atoms with Crippen LogP contribution in [0.25, 0.3) is 0 Å². The molecule has 0 fully saturated rings. The zero-order valence-electron chi connectivity index (χ0n) is 10.0. The van der Waals surface area contributed by atoms with E-state index < -0.39 is 5.82 Å². The van der Waals surface area contributed by atoms with Crippen molar-refractivity contribution in [2.24, 2.45) is 5.92 Å². The van der Waals surface area contributed by atoms with Gasteiger partial charge in [0.25, 0.3) is 0 Å². The molecule has 2 nitrogen and oxygen atoms in total. The number of hydrogen-bond acceptors (Lipinski definition) is 2. The maximum atomic E-state index is 13.4. The van der Waals surface area contributed by atoms with Crippen LogP contribution in [0.15, 0.2) is 12.3 Å². The van der Waals surface area contributed by atoms with Crippen molar-refractivity contribution >= 4 is 29.0 Å². The largest absolute Gasteiger partial charge is 0.366 e. The van der Waals surface area contributed by atoms with Gasteiger partial charge in [0.1, 0.15) is 0 Å². The first-order valence-electron chi connectivity index (χ1n) is 5.77. The van der Waals surface area contributed by atoms with Crippen molar-refractivity contribution in [3.05, 3.63) is 23.1 Å². The molecule has 0 bridgehead atoms. The summed E-state index contributed by atoms with van der Waals surface area (Å²) in [5.41, 5.74) is 0. The minimum Gasteiger partial charge on any atom is -0.366 e. The maximum Gasteiger partial charge on any atom is 0.166 e. The van der Waals surface area contributed by atoms with Crippen LogP contribution in [0.1, 0.15) is 26.7 Å². The van der Waals surface area contributed by atoms with Crippen molar-refractivity contribution in [3.8, 4) is 0 Å². The summed E-state index contributed by atoms with van der Waals surface area (Å²) in [6, 6.07) is 1.23. The number of hydrogen-bond donors (Lipinski definition) is 1. The Hall–Kier alpha value is -0.540. The smallest absolute Gasteiger partial charge is 0.166 e. The molecule has 1 rings (SSSR count). The van der Waals surface area contributed by atoms with Gasteiger partial charge in [-0.1, -0.05) is 38.3 Å². The summed E-state index contributed by atoms with van der Waals surface area (Å²) in [5.74, 6) is 0.177. The minimum absolute atomic E-state index is 0.0260. The highest BCUT2D eigenvalue weighted by molar-refractivity contribution is 6.30. The molecular weight excluding hydrogens is 262 g/mol. The Morgan fingerprint density at radius 3 is 2.59 bits per heavy atom. The van der Waals surface area contributed by atoms with Gasteiger partial charge in [0.15, 0.2) is 11.6 Å². The average molecular weight is 279 g/mol. The number of halogens is 3. The van der Waals surface area contributed by atoms with Gasteiger partial charge in [-0.2, -0.15) is 0 Å². The summed E-state index contributed by atoms with van der Waals surface area (Å²) >= 11 is 11.9. The standard InChI is InChI=1S/C12H17Cl2FN2/c1-3-8(4-2)10(14)7-17-12-11(15)5-9(13)6-16-12/h5-6,8,10H,3-4,7H2,1-2H3,(H,16,17). The van der Waals surface area contributed by atoms with E-state index >= 15 is 0 Å². The molecule has 0 saturated heterocycles. The highest BCUT2D eigenvalue weighted by atomic mass is 35.5. The fraction of sp³-hybridized carbons (Fsp3) is 0.583. The summed E-state index contributed by atoms with van der Waals surface area (Å²) in [5, 5.41) is 3.17. The zero-order chi connectivity index (χ0) is 12.8. The summed E-state index contributed by atoms with van der Waals surface area (Å²) in [4.78, 5) is 3.88. The topological polar surface area (TPSA) is 24.9 Å². The van der Waals surface area contributed by atoms with Gasteiger partial charge in [0.05, 0.1) is 10.4 Å². The molecule has 1 atom stereocenters.